The highest BCUT2D eigenvalue weighted by Gasteiger charge is 2.15. The number of rotatable bonds is 6. The third-order valence-electron chi connectivity index (χ3n) is 3.70. The molecular formula is C19H19N3O2S. The summed E-state index contributed by atoms with van der Waals surface area (Å²) in [6.07, 6.45) is 0. The molecule has 0 spiro atoms. The summed E-state index contributed by atoms with van der Waals surface area (Å²) in [5, 5.41) is 6.83. The van der Waals surface area contributed by atoms with Crippen molar-refractivity contribution in [2.24, 2.45) is 0 Å². The Morgan fingerprint density at radius 3 is 2.60 bits per heavy atom. The molecule has 25 heavy (non-hydrogen) atoms. The Kier molecular flexibility index (Phi) is 5.50. The van der Waals surface area contributed by atoms with Gasteiger partial charge in [-0.1, -0.05) is 47.6 Å². The van der Waals surface area contributed by atoms with Gasteiger partial charge in [0, 0.05) is 4.90 Å². The number of hydrogen-bond acceptors (Lipinski definition) is 5. The van der Waals surface area contributed by atoms with Gasteiger partial charge in [-0.25, -0.2) is 0 Å². The monoisotopic (exact) mass is 353 g/mol. The van der Waals surface area contributed by atoms with Crippen molar-refractivity contribution in [1.29, 1.82) is 0 Å². The SMILES string of the molecule is Cc1noc(CSc2ccccc2C(=O)N[C@H](C)c2ccccc2)n1. The number of thioether (sulfide) groups is 1. The first kappa shape index (κ1) is 17.2. The number of aromatic nitrogens is 2. The van der Waals surface area contributed by atoms with Gasteiger partial charge in [-0.2, -0.15) is 4.98 Å². The first-order valence-electron chi connectivity index (χ1n) is 8.00. The van der Waals surface area contributed by atoms with Gasteiger partial charge in [-0.15, -0.1) is 11.8 Å². The Bertz CT molecular complexity index is 849. The van der Waals surface area contributed by atoms with Crippen molar-refractivity contribution in [3.8, 4) is 0 Å². The van der Waals surface area contributed by atoms with E-state index in [1.165, 1.54) is 11.8 Å². The summed E-state index contributed by atoms with van der Waals surface area (Å²) in [5.41, 5.74) is 1.72. The van der Waals surface area contributed by atoms with Gasteiger partial charge in [0.25, 0.3) is 5.91 Å². The molecule has 0 aliphatic rings. The van der Waals surface area contributed by atoms with E-state index in [0.29, 0.717) is 23.0 Å². The molecule has 3 aromatic rings. The summed E-state index contributed by atoms with van der Waals surface area (Å²) in [4.78, 5) is 17.8. The van der Waals surface area contributed by atoms with Crippen LogP contribution in [0.5, 0.6) is 0 Å². The lowest BCUT2D eigenvalue weighted by atomic mass is 10.1. The topological polar surface area (TPSA) is 68.0 Å². The number of carbonyl (C=O) groups is 1. The average Bonchev–Trinajstić information content (AvgIpc) is 3.06. The maximum atomic E-state index is 12.7. The third kappa shape index (κ3) is 4.48. The molecular weight excluding hydrogens is 334 g/mol. The van der Waals surface area contributed by atoms with Gasteiger partial charge in [0.15, 0.2) is 5.82 Å². The van der Waals surface area contributed by atoms with Crippen molar-refractivity contribution in [1.82, 2.24) is 15.5 Å². The van der Waals surface area contributed by atoms with E-state index < -0.39 is 0 Å². The van der Waals surface area contributed by atoms with Crippen molar-refractivity contribution >= 4 is 17.7 Å². The number of amides is 1. The number of nitrogens with one attached hydrogen (secondary N) is 1. The molecule has 128 valence electrons. The maximum absolute atomic E-state index is 12.7. The number of aryl methyl sites for hydroxylation is 1. The van der Waals surface area contributed by atoms with Gasteiger partial charge < -0.3 is 9.84 Å². The molecule has 0 saturated carbocycles. The van der Waals surface area contributed by atoms with E-state index in [4.69, 9.17) is 4.52 Å². The van der Waals surface area contributed by atoms with E-state index in [2.05, 4.69) is 15.5 Å². The molecule has 1 aromatic heterocycles. The molecule has 0 unspecified atom stereocenters. The third-order valence-corrected chi connectivity index (χ3v) is 4.76. The van der Waals surface area contributed by atoms with Crippen LogP contribution in [-0.4, -0.2) is 16.0 Å². The Balaban J connectivity index is 1.70. The lowest BCUT2D eigenvalue weighted by Gasteiger charge is -2.15. The van der Waals surface area contributed by atoms with Gasteiger partial charge in [0.05, 0.1) is 17.4 Å². The largest absolute Gasteiger partial charge is 0.345 e. The predicted molar refractivity (Wildman–Crippen MR) is 97.4 cm³/mol. The van der Waals surface area contributed by atoms with Gasteiger partial charge in [0.2, 0.25) is 5.89 Å². The summed E-state index contributed by atoms with van der Waals surface area (Å²) in [7, 11) is 0. The molecule has 2 aromatic carbocycles. The number of hydrogen-bond donors (Lipinski definition) is 1. The minimum Gasteiger partial charge on any atom is -0.345 e. The second-order valence-corrected chi connectivity index (χ2v) is 6.64. The fraction of sp³-hybridized carbons (Fsp3) is 0.211. The van der Waals surface area contributed by atoms with Crippen LogP contribution in [0.25, 0.3) is 0 Å². The Morgan fingerprint density at radius 2 is 1.88 bits per heavy atom. The van der Waals surface area contributed by atoms with Crippen LogP contribution in [0.3, 0.4) is 0 Å². The zero-order valence-corrected chi connectivity index (χ0v) is 14.9. The van der Waals surface area contributed by atoms with Crippen LogP contribution in [0, 0.1) is 6.92 Å². The molecule has 1 N–H and O–H groups in total. The highest BCUT2D eigenvalue weighted by Crippen LogP contribution is 2.26. The van der Waals surface area contributed by atoms with Crippen molar-refractivity contribution < 1.29 is 9.32 Å². The quantitative estimate of drug-likeness (QED) is 0.674. The zero-order valence-electron chi connectivity index (χ0n) is 14.1. The summed E-state index contributed by atoms with van der Waals surface area (Å²) >= 11 is 1.51. The molecule has 0 saturated heterocycles. The van der Waals surface area contributed by atoms with Crippen molar-refractivity contribution in [2.45, 2.75) is 30.5 Å². The van der Waals surface area contributed by atoms with E-state index >= 15 is 0 Å². The molecule has 1 atom stereocenters. The molecule has 1 heterocycles. The first-order valence-corrected chi connectivity index (χ1v) is 8.99. The standard InChI is InChI=1S/C19H19N3O2S/c1-13(15-8-4-3-5-9-15)20-19(23)16-10-6-7-11-17(16)25-12-18-21-14(2)22-24-18/h3-11,13H,12H2,1-2H3,(H,20,23)/t13-/m1/s1. The second-order valence-electron chi connectivity index (χ2n) is 5.63. The van der Waals surface area contributed by atoms with Crippen LogP contribution in [0.2, 0.25) is 0 Å². The van der Waals surface area contributed by atoms with E-state index in [1.807, 2.05) is 61.5 Å². The minimum atomic E-state index is -0.0961. The van der Waals surface area contributed by atoms with Gasteiger partial charge in [-0.05, 0) is 31.5 Å². The Labute approximate surface area is 150 Å². The number of nitrogens with zero attached hydrogens (tertiary/aromatic N) is 2. The normalized spacial score (nSPS) is 11.9. The van der Waals surface area contributed by atoms with Crippen LogP contribution >= 0.6 is 11.8 Å². The van der Waals surface area contributed by atoms with Crippen LogP contribution in [0.4, 0.5) is 0 Å². The van der Waals surface area contributed by atoms with Gasteiger partial charge >= 0.3 is 0 Å². The Morgan fingerprint density at radius 1 is 1.16 bits per heavy atom. The van der Waals surface area contributed by atoms with Crippen LogP contribution < -0.4 is 5.32 Å². The number of carbonyl (C=O) groups excluding carboxylic acids is 1. The highest BCUT2D eigenvalue weighted by molar-refractivity contribution is 7.98. The van der Waals surface area contributed by atoms with Crippen molar-refractivity contribution in [3.63, 3.8) is 0 Å². The van der Waals surface area contributed by atoms with Crippen LogP contribution in [0.15, 0.2) is 64.0 Å². The maximum Gasteiger partial charge on any atom is 0.252 e. The molecule has 0 bridgehead atoms. The second kappa shape index (κ2) is 7.98. The smallest absolute Gasteiger partial charge is 0.252 e. The molecule has 3 rings (SSSR count). The lowest BCUT2D eigenvalue weighted by molar-refractivity contribution is 0.0937. The van der Waals surface area contributed by atoms with Gasteiger partial charge in [-0.3, -0.25) is 4.79 Å². The minimum absolute atomic E-state index is 0.0645. The van der Waals surface area contributed by atoms with E-state index in [9.17, 15) is 4.79 Å². The molecule has 0 aliphatic heterocycles. The van der Waals surface area contributed by atoms with E-state index in [0.717, 1.165) is 10.5 Å². The molecule has 5 nitrogen and oxygen atoms in total. The molecule has 6 heteroatoms. The van der Waals surface area contributed by atoms with Crippen molar-refractivity contribution in [3.05, 3.63) is 77.4 Å². The Hall–Kier alpha value is -2.60. The molecule has 0 radical (unpaired) electrons. The van der Waals surface area contributed by atoms with E-state index in [-0.39, 0.29) is 11.9 Å². The predicted octanol–water partition coefficient (Wildman–Crippen LogP) is 4.16. The summed E-state index contributed by atoms with van der Waals surface area (Å²) in [6.45, 7) is 3.76. The van der Waals surface area contributed by atoms with Crippen molar-refractivity contribution in [2.75, 3.05) is 0 Å². The fourth-order valence-corrected chi connectivity index (χ4v) is 3.30. The van der Waals surface area contributed by atoms with Crippen LogP contribution in [-0.2, 0) is 5.75 Å². The average molecular weight is 353 g/mol. The summed E-state index contributed by atoms with van der Waals surface area (Å²) in [6, 6.07) is 17.4. The van der Waals surface area contributed by atoms with Gasteiger partial charge in [0.1, 0.15) is 0 Å². The molecule has 0 fully saturated rings. The van der Waals surface area contributed by atoms with Crippen LogP contribution in [0.1, 0.15) is 40.6 Å². The fourth-order valence-electron chi connectivity index (χ4n) is 2.42. The number of benzene rings is 2. The molecule has 1 amide bonds. The zero-order chi connectivity index (χ0) is 17.6. The van der Waals surface area contributed by atoms with E-state index in [1.54, 1.807) is 6.92 Å². The lowest BCUT2D eigenvalue weighted by Crippen LogP contribution is -2.27. The summed E-state index contributed by atoms with van der Waals surface area (Å²) in [5.74, 6) is 1.59. The summed E-state index contributed by atoms with van der Waals surface area (Å²) < 4.78 is 5.13. The highest BCUT2D eigenvalue weighted by atomic mass is 32.2. The molecule has 0 aliphatic carbocycles. The first-order chi connectivity index (χ1) is 12.1.